The molecule has 2 aromatic carbocycles. The molecule has 0 spiro atoms. The molecule has 0 atom stereocenters. The maximum absolute atomic E-state index is 14.7. The van der Waals surface area contributed by atoms with Gasteiger partial charge in [-0.25, -0.2) is 0 Å². The quantitative estimate of drug-likeness (QED) is 0.165. The molecule has 0 radical (unpaired) electrons. The Morgan fingerprint density at radius 1 is 0.491 bits per heavy atom. The van der Waals surface area contributed by atoms with Crippen LogP contribution >= 0.6 is 0 Å². The van der Waals surface area contributed by atoms with Gasteiger partial charge in [0, 0.05) is 22.3 Å². The van der Waals surface area contributed by atoms with E-state index in [1.807, 2.05) is 0 Å². The Labute approximate surface area is 332 Å². The van der Waals surface area contributed by atoms with E-state index >= 15 is 0 Å². The highest BCUT2D eigenvalue weighted by molar-refractivity contribution is 6.01. The molecular weight excluding hydrogens is 685 g/mol. The first-order valence-electron chi connectivity index (χ1n) is 22.3. The smallest absolute Gasteiger partial charge is 0.324 e. The third-order valence-corrected chi connectivity index (χ3v) is 15.1. The fraction of sp³-hybridized carbons (Fsp3) is 0.714. The minimum atomic E-state index is -1.66. The van der Waals surface area contributed by atoms with Crippen molar-refractivity contribution in [3.05, 3.63) is 57.6 Å². The van der Waals surface area contributed by atoms with Crippen LogP contribution in [0.5, 0.6) is 11.5 Å². The Kier molecular flexibility index (Phi) is 12.7. The lowest BCUT2D eigenvalue weighted by Gasteiger charge is -2.40. The molecule has 2 aromatic rings. The van der Waals surface area contributed by atoms with Gasteiger partial charge in [0.2, 0.25) is 0 Å². The van der Waals surface area contributed by atoms with Crippen molar-refractivity contribution in [2.75, 3.05) is 13.2 Å². The van der Waals surface area contributed by atoms with Gasteiger partial charge in [0.25, 0.3) is 0 Å². The minimum Gasteiger partial charge on any atom is -0.507 e. The van der Waals surface area contributed by atoms with Crippen LogP contribution in [-0.4, -0.2) is 35.4 Å². The maximum Gasteiger partial charge on any atom is 0.324 e. The largest absolute Gasteiger partial charge is 0.507 e. The first-order valence-corrected chi connectivity index (χ1v) is 22.3. The average Bonchev–Trinajstić information content (AvgIpc) is 3.17. The Morgan fingerprint density at radius 3 is 0.945 bits per heavy atom. The van der Waals surface area contributed by atoms with Crippen LogP contribution in [0.25, 0.3) is 0 Å². The number of phenolic OH excluding ortho intramolecular Hbond substituents is 2. The summed E-state index contributed by atoms with van der Waals surface area (Å²) in [7, 11) is 0. The Morgan fingerprint density at radius 2 is 0.727 bits per heavy atom. The second-order valence-electron chi connectivity index (χ2n) is 19.4. The maximum atomic E-state index is 14.7. The van der Waals surface area contributed by atoms with E-state index in [1.54, 1.807) is 13.8 Å². The number of hydrogen-bond donors (Lipinski definition) is 2. The fourth-order valence-corrected chi connectivity index (χ4v) is 11.5. The molecule has 0 heterocycles. The molecule has 304 valence electrons. The number of carbonyl (C=O) groups is 2. The standard InChI is InChI=1S/C49H72O6/c1-7-54-43(52)49(44(53)55-8-2,33-35-29-37(45(3)21-13-9-14-22-45)41(50)38(30-35)46(4)23-15-10-16-24-46)34-36-31-39(47(5)25-17-11-18-26-47)42(51)40(32-36)48(6)27-19-12-20-28-48/h29-32,50-51H,7-28,33-34H2,1-6H3. The van der Waals surface area contributed by atoms with Crippen LogP contribution in [0.2, 0.25) is 0 Å². The Balaban J connectivity index is 1.55. The average molecular weight is 757 g/mol. The van der Waals surface area contributed by atoms with Crippen LogP contribution in [0.1, 0.15) is 203 Å². The molecule has 6 rings (SSSR count). The normalized spacial score (nSPS) is 22.1. The molecule has 4 saturated carbocycles. The number of carbonyl (C=O) groups excluding carboxylic acids is 2. The molecule has 4 aliphatic rings. The highest BCUT2D eigenvalue weighted by Crippen LogP contribution is 2.52. The second kappa shape index (κ2) is 16.8. The SMILES string of the molecule is CCOC(=O)C(Cc1cc(C2(C)CCCCC2)c(O)c(C2(C)CCCCC2)c1)(Cc1cc(C2(C)CCCCC2)c(O)c(C2(C)CCCCC2)c1)C(=O)OCC. The molecule has 0 bridgehead atoms. The van der Waals surface area contributed by atoms with Crippen molar-refractivity contribution in [2.24, 2.45) is 5.41 Å². The first kappa shape index (κ1) is 41.6. The van der Waals surface area contributed by atoms with Crippen LogP contribution in [-0.2, 0) is 53.6 Å². The summed E-state index contributed by atoms with van der Waals surface area (Å²) in [5.41, 5.74) is 3.14. The van der Waals surface area contributed by atoms with Gasteiger partial charge in [-0.1, -0.05) is 129 Å². The van der Waals surface area contributed by atoms with Crippen molar-refractivity contribution in [3.8, 4) is 11.5 Å². The summed E-state index contributed by atoms with van der Waals surface area (Å²) in [6.07, 6.45) is 21.9. The molecule has 0 aromatic heterocycles. The van der Waals surface area contributed by atoms with Gasteiger partial charge in [-0.15, -0.1) is 0 Å². The number of esters is 2. The van der Waals surface area contributed by atoms with Gasteiger partial charge in [-0.3, -0.25) is 9.59 Å². The molecule has 2 N–H and O–H groups in total. The molecule has 4 fully saturated rings. The molecule has 0 unspecified atom stereocenters. The lowest BCUT2D eigenvalue weighted by atomic mass is 9.64. The molecule has 0 aliphatic heterocycles. The highest BCUT2D eigenvalue weighted by atomic mass is 16.6. The molecule has 6 heteroatoms. The van der Waals surface area contributed by atoms with Crippen LogP contribution in [0.3, 0.4) is 0 Å². The Hall–Kier alpha value is -3.02. The van der Waals surface area contributed by atoms with Crippen LogP contribution in [0.15, 0.2) is 24.3 Å². The van der Waals surface area contributed by atoms with Gasteiger partial charge in [-0.2, -0.15) is 0 Å². The van der Waals surface area contributed by atoms with Crippen molar-refractivity contribution in [1.82, 2.24) is 0 Å². The van der Waals surface area contributed by atoms with Crippen LogP contribution in [0.4, 0.5) is 0 Å². The Bertz CT molecular complexity index is 1450. The van der Waals surface area contributed by atoms with E-state index in [9.17, 15) is 19.8 Å². The highest BCUT2D eigenvalue weighted by Gasteiger charge is 2.51. The summed E-state index contributed by atoms with van der Waals surface area (Å²) in [5, 5.41) is 24.5. The van der Waals surface area contributed by atoms with Crippen molar-refractivity contribution >= 4 is 11.9 Å². The summed E-state index contributed by atoms with van der Waals surface area (Å²) in [6.45, 7) is 13.0. The van der Waals surface area contributed by atoms with E-state index < -0.39 is 17.4 Å². The fourth-order valence-electron chi connectivity index (χ4n) is 11.5. The van der Waals surface area contributed by atoms with Gasteiger partial charge >= 0.3 is 11.9 Å². The lowest BCUT2D eigenvalue weighted by molar-refractivity contribution is -0.172. The zero-order valence-corrected chi connectivity index (χ0v) is 35.3. The van der Waals surface area contributed by atoms with E-state index in [0.717, 1.165) is 136 Å². The van der Waals surface area contributed by atoms with Gasteiger partial charge in [0.1, 0.15) is 11.5 Å². The summed E-state index contributed by atoms with van der Waals surface area (Å²) in [5.74, 6) is -0.322. The topological polar surface area (TPSA) is 93.1 Å². The first-order chi connectivity index (χ1) is 26.2. The number of phenols is 2. The van der Waals surface area contributed by atoms with Crippen LogP contribution in [0, 0.1) is 5.41 Å². The van der Waals surface area contributed by atoms with E-state index in [1.165, 1.54) is 25.7 Å². The van der Waals surface area contributed by atoms with Crippen molar-refractivity contribution in [3.63, 3.8) is 0 Å². The predicted molar refractivity (Wildman–Crippen MR) is 221 cm³/mol. The molecule has 55 heavy (non-hydrogen) atoms. The number of ether oxygens (including phenoxy) is 2. The van der Waals surface area contributed by atoms with E-state index in [2.05, 4.69) is 52.0 Å². The summed E-state index contributed by atoms with van der Waals surface area (Å²) < 4.78 is 11.8. The summed E-state index contributed by atoms with van der Waals surface area (Å²) in [6, 6.07) is 8.46. The minimum absolute atomic E-state index is 0.108. The predicted octanol–water partition coefficient (Wildman–Crippen LogP) is 11.9. The van der Waals surface area contributed by atoms with E-state index in [4.69, 9.17) is 9.47 Å². The summed E-state index contributed by atoms with van der Waals surface area (Å²) >= 11 is 0. The number of benzene rings is 2. The number of hydrogen-bond acceptors (Lipinski definition) is 6. The zero-order chi connectivity index (χ0) is 39.5. The van der Waals surface area contributed by atoms with Crippen molar-refractivity contribution < 1.29 is 29.3 Å². The molecule has 0 saturated heterocycles. The van der Waals surface area contributed by atoms with Gasteiger partial charge in [0.05, 0.1) is 13.2 Å². The van der Waals surface area contributed by atoms with Crippen LogP contribution < -0.4 is 0 Å². The second-order valence-corrected chi connectivity index (χ2v) is 19.4. The van der Waals surface area contributed by atoms with Crippen molar-refractivity contribution in [2.45, 2.75) is 204 Å². The summed E-state index contributed by atoms with van der Waals surface area (Å²) in [4.78, 5) is 29.4. The molecule has 4 aliphatic carbocycles. The van der Waals surface area contributed by atoms with E-state index in [-0.39, 0.29) is 47.7 Å². The monoisotopic (exact) mass is 757 g/mol. The van der Waals surface area contributed by atoms with Crippen molar-refractivity contribution in [1.29, 1.82) is 0 Å². The van der Waals surface area contributed by atoms with Gasteiger partial charge in [0.15, 0.2) is 5.41 Å². The molecule has 6 nitrogen and oxygen atoms in total. The number of rotatable bonds is 12. The third kappa shape index (κ3) is 8.36. The lowest BCUT2D eigenvalue weighted by Crippen LogP contribution is -2.46. The molecular formula is C49H72O6. The molecule has 0 amide bonds. The van der Waals surface area contributed by atoms with Gasteiger partial charge in [-0.05, 0) is 111 Å². The third-order valence-electron chi connectivity index (χ3n) is 15.1. The van der Waals surface area contributed by atoms with Gasteiger partial charge < -0.3 is 19.7 Å². The van der Waals surface area contributed by atoms with E-state index in [0.29, 0.717) is 11.5 Å². The number of aromatic hydroxyl groups is 2. The zero-order valence-electron chi connectivity index (χ0n) is 35.3.